The van der Waals surface area contributed by atoms with Gasteiger partial charge >= 0.3 is 0 Å². The van der Waals surface area contributed by atoms with E-state index in [1.807, 2.05) is 6.07 Å². The molecule has 11 nitrogen and oxygen atoms in total. The maximum atomic E-state index is 11.9. The minimum absolute atomic E-state index is 0.130. The average molecular weight is 448 g/mol. The number of Topliss-reactive ketones (excluding diaryl/α,β-unsaturated/α-hetero) is 1. The molecule has 5 rings (SSSR count). The van der Waals surface area contributed by atoms with Crippen molar-refractivity contribution in [2.24, 2.45) is 0 Å². The molecule has 0 atom stereocenters. The Kier molecular flexibility index (Phi) is 4.44. The molecule has 0 radical (unpaired) electrons. The number of carbonyl (C=O) groups is 1. The summed E-state index contributed by atoms with van der Waals surface area (Å²) in [5.41, 5.74) is 4.39. The molecule has 0 aliphatic rings. The van der Waals surface area contributed by atoms with Crippen LogP contribution in [0.2, 0.25) is 0 Å². The van der Waals surface area contributed by atoms with Crippen molar-refractivity contribution in [3.8, 4) is 22.6 Å². The minimum Gasteiger partial charge on any atom is -0.335 e. The second kappa shape index (κ2) is 7.20. The number of aromatic nitrogens is 7. The first-order valence-electron chi connectivity index (χ1n) is 9.41. The molecule has 0 spiro atoms. The Bertz CT molecular complexity index is 1620. The topological polar surface area (TPSA) is 159 Å². The lowest BCUT2D eigenvalue weighted by atomic mass is 10.1. The predicted octanol–water partition coefficient (Wildman–Crippen LogP) is 2.53. The fraction of sp³-hybridized carbons (Fsp3) is 0.100. The van der Waals surface area contributed by atoms with Gasteiger partial charge in [0.05, 0.1) is 40.8 Å². The Hall–Kier alpha value is -4.19. The molecule has 0 bridgehead atoms. The van der Waals surface area contributed by atoms with E-state index in [-0.39, 0.29) is 5.78 Å². The zero-order chi connectivity index (χ0) is 22.5. The summed E-state index contributed by atoms with van der Waals surface area (Å²) in [5.74, 6) is 0.359. The molecular weight excluding hydrogens is 432 g/mol. The molecule has 0 saturated carbocycles. The zero-order valence-electron chi connectivity index (χ0n) is 16.9. The first-order chi connectivity index (χ1) is 15.3. The van der Waals surface area contributed by atoms with Crippen LogP contribution in [0.15, 0.2) is 43.1 Å². The van der Waals surface area contributed by atoms with Gasteiger partial charge in [-0.3, -0.25) is 24.6 Å². The van der Waals surface area contributed by atoms with Crippen molar-refractivity contribution in [3.63, 3.8) is 0 Å². The maximum absolute atomic E-state index is 11.9. The van der Waals surface area contributed by atoms with Gasteiger partial charge in [0, 0.05) is 29.7 Å². The Morgan fingerprint density at radius 3 is 2.59 bits per heavy atom. The van der Waals surface area contributed by atoms with E-state index in [0.29, 0.717) is 56.0 Å². The number of carbonyl (C=O) groups excluding carboxylic acids is 1. The monoisotopic (exact) mass is 448 g/mol. The van der Waals surface area contributed by atoms with Crippen LogP contribution in [0.25, 0.3) is 44.7 Å². The highest BCUT2D eigenvalue weighted by molar-refractivity contribution is 7.92. The van der Waals surface area contributed by atoms with Crippen molar-refractivity contribution >= 4 is 43.6 Å². The number of rotatable bonds is 5. The molecule has 5 aromatic rings. The molecular formula is C20H16N8O3S. The molecule has 160 valence electrons. The smallest absolute Gasteiger partial charge is 0.229 e. The van der Waals surface area contributed by atoms with E-state index in [0.717, 1.165) is 6.26 Å². The minimum atomic E-state index is -3.43. The van der Waals surface area contributed by atoms with Gasteiger partial charge in [0.25, 0.3) is 0 Å². The quantitative estimate of drug-likeness (QED) is 0.346. The molecule has 12 heteroatoms. The molecule has 0 fully saturated rings. The third-order valence-corrected chi connectivity index (χ3v) is 5.40. The molecule has 3 N–H and O–H groups in total. The number of pyridine rings is 3. The van der Waals surface area contributed by atoms with Crippen molar-refractivity contribution in [1.82, 2.24) is 35.1 Å². The Morgan fingerprint density at radius 1 is 1.03 bits per heavy atom. The molecule has 0 aliphatic carbocycles. The zero-order valence-corrected chi connectivity index (χ0v) is 17.7. The number of sulfonamides is 1. The summed E-state index contributed by atoms with van der Waals surface area (Å²) in [6.45, 7) is 1.47. The van der Waals surface area contributed by atoms with Gasteiger partial charge in [-0.1, -0.05) is 0 Å². The number of imidazole rings is 1. The van der Waals surface area contributed by atoms with Gasteiger partial charge in [-0.25, -0.2) is 18.4 Å². The van der Waals surface area contributed by atoms with E-state index >= 15 is 0 Å². The first kappa shape index (κ1) is 19.8. The summed E-state index contributed by atoms with van der Waals surface area (Å²) in [7, 11) is -3.43. The maximum Gasteiger partial charge on any atom is 0.229 e. The van der Waals surface area contributed by atoms with Crippen molar-refractivity contribution < 1.29 is 13.2 Å². The summed E-state index contributed by atoms with van der Waals surface area (Å²) in [5, 5.41) is 7.87. The van der Waals surface area contributed by atoms with E-state index in [4.69, 9.17) is 0 Å². The van der Waals surface area contributed by atoms with E-state index < -0.39 is 10.0 Å². The number of hydrogen-bond donors (Lipinski definition) is 3. The van der Waals surface area contributed by atoms with Gasteiger partial charge in [-0.2, -0.15) is 5.10 Å². The summed E-state index contributed by atoms with van der Waals surface area (Å²) in [6, 6.07) is 3.53. The van der Waals surface area contributed by atoms with Crippen molar-refractivity contribution in [2.45, 2.75) is 6.92 Å². The lowest BCUT2D eigenvalue weighted by Gasteiger charge is -2.06. The summed E-state index contributed by atoms with van der Waals surface area (Å²) >= 11 is 0. The van der Waals surface area contributed by atoms with Crippen molar-refractivity contribution in [1.29, 1.82) is 0 Å². The van der Waals surface area contributed by atoms with Crippen LogP contribution < -0.4 is 4.72 Å². The number of nitrogens with one attached hydrogen (secondary N) is 3. The molecule has 5 heterocycles. The standard InChI is InChI=1S/C20H16N8O3S/c1-10(29)15-8-22-9-16-17(15)25-20(24-16)18-14-4-12(6-23-19(14)27-26-18)11-3-13(7-21-5-11)28-32(2,30)31/h3-9,28H,1-2H3,(H,24,25)(H,23,26,27). The normalized spacial score (nSPS) is 11.8. The second-order valence-corrected chi connectivity index (χ2v) is 9.00. The van der Waals surface area contributed by atoms with Crippen LogP contribution in [-0.4, -0.2) is 55.6 Å². The van der Waals surface area contributed by atoms with Gasteiger partial charge in [0.2, 0.25) is 10.0 Å². The van der Waals surface area contributed by atoms with Crippen LogP contribution >= 0.6 is 0 Å². The van der Waals surface area contributed by atoms with Crippen LogP contribution in [0.4, 0.5) is 5.69 Å². The van der Waals surface area contributed by atoms with Gasteiger partial charge in [-0.15, -0.1) is 0 Å². The predicted molar refractivity (Wildman–Crippen MR) is 118 cm³/mol. The molecule has 0 saturated heterocycles. The van der Waals surface area contributed by atoms with E-state index in [2.05, 4.69) is 39.8 Å². The van der Waals surface area contributed by atoms with Crippen molar-refractivity contribution in [3.05, 3.63) is 48.7 Å². The number of fused-ring (bicyclic) bond motifs is 2. The number of H-pyrrole nitrogens is 2. The summed E-state index contributed by atoms with van der Waals surface area (Å²) in [6.07, 6.45) is 8.84. The first-order valence-corrected chi connectivity index (χ1v) is 11.3. The van der Waals surface area contributed by atoms with E-state index in [1.54, 1.807) is 24.7 Å². The molecule has 0 aromatic carbocycles. The molecule has 0 amide bonds. The van der Waals surface area contributed by atoms with Gasteiger partial charge in [0.15, 0.2) is 17.3 Å². The average Bonchev–Trinajstić information content (AvgIpc) is 3.35. The largest absolute Gasteiger partial charge is 0.335 e. The van der Waals surface area contributed by atoms with Gasteiger partial charge in [-0.05, 0) is 19.1 Å². The lowest BCUT2D eigenvalue weighted by molar-refractivity contribution is 0.101. The number of hydrogen-bond acceptors (Lipinski definition) is 8. The lowest BCUT2D eigenvalue weighted by Crippen LogP contribution is -2.09. The third kappa shape index (κ3) is 3.56. The van der Waals surface area contributed by atoms with E-state index in [1.165, 1.54) is 19.3 Å². The Morgan fingerprint density at radius 2 is 1.81 bits per heavy atom. The fourth-order valence-corrected chi connectivity index (χ4v) is 3.95. The van der Waals surface area contributed by atoms with Crippen LogP contribution in [0.3, 0.4) is 0 Å². The number of nitrogens with zero attached hydrogens (tertiary/aromatic N) is 5. The Labute approximate surface area is 181 Å². The second-order valence-electron chi connectivity index (χ2n) is 7.26. The summed E-state index contributed by atoms with van der Waals surface area (Å²) in [4.78, 5) is 32.3. The fourth-order valence-electron chi connectivity index (χ4n) is 3.41. The highest BCUT2D eigenvalue weighted by atomic mass is 32.2. The SMILES string of the molecule is CC(=O)c1cncc2[nH]c(-c3[nH]nc4ncc(-c5cncc(NS(C)(=O)=O)c5)cc34)nc12. The number of anilines is 1. The van der Waals surface area contributed by atoms with Crippen LogP contribution in [0.5, 0.6) is 0 Å². The molecule has 5 aromatic heterocycles. The molecule has 32 heavy (non-hydrogen) atoms. The third-order valence-electron chi connectivity index (χ3n) is 4.79. The van der Waals surface area contributed by atoms with Crippen LogP contribution in [0, 0.1) is 0 Å². The summed E-state index contributed by atoms with van der Waals surface area (Å²) < 4.78 is 25.5. The van der Waals surface area contributed by atoms with Gasteiger partial charge in [0.1, 0.15) is 11.2 Å². The van der Waals surface area contributed by atoms with E-state index in [9.17, 15) is 13.2 Å². The molecule has 0 aliphatic heterocycles. The highest BCUT2D eigenvalue weighted by Gasteiger charge is 2.17. The van der Waals surface area contributed by atoms with Crippen LogP contribution in [-0.2, 0) is 10.0 Å². The Balaban J connectivity index is 1.61. The van der Waals surface area contributed by atoms with Crippen LogP contribution in [0.1, 0.15) is 17.3 Å². The number of ketones is 1. The number of aromatic amines is 2. The van der Waals surface area contributed by atoms with Crippen molar-refractivity contribution in [2.75, 3.05) is 11.0 Å². The highest BCUT2D eigenvalue weighted by Crippen LogP contribution is 2.30. The molecule has 0 unspecified atom stereocenters. The van der Waals surface area contributed by atoms with Gasteiger partial charge < -0.3 is 4.98 Å².